The molecule has 0 aliphatic rings. The smallest absolute Gasteiger partial charge is 0.179 e. The Morgan fingerprint density at radius 2 is 1.50 bits per heavy atom. The Kier molecular flexibility index (Phi) is 3.40. The molecule has 0 aliphatic carbocycles. The van der Waals surface area contributed by atoms with E-state index in [1.807, 2.05) is 29.6 Å². The van der Waals surface area contributed by atoms with Crippen LogP contribution in [0.3, 0.4) is 0 Å². The lowest BCUT2D eigenvalue weighted by Crippen LogP contribution is -1.78. The van der Waals surface area contributed by atoms with Crippen LogP contribution >= 0.6 is 11.3 Å². The summed E-state index contributed by atoms with van der Waals surface area (Å²) in [6.07, 6.45) is 5.22. The van der Waals surface area contributed by atoms with E-state index in [2.05, 4.69) is 15.0 Å². The number of pyridine rings is 2. The average molecular weight is 230 g/mol. The molecule has 0 bridgehead atoms. The predicted molar refractivity (Wildman–Crippen MR) is 66.1 cm³/mol. The Labute approximate surface area is 96.8 Å². The summed E-state index contributed by atoms with van der Waals surface area (Å²) in [6, 6.07) is 7.66. The maximum Gasteiger partial charge on any atom is 0.179 e. The lowest BCUT2D eigenvalue weighted by molar-refractivity contribution is 1.34. The SMILES string of the molecule is Nc1nccs1.c1cnc2cccnc2c1. The minimum atomic E-state index is 0.634. The molecule has 3 aromatic rings. The molecule has 0 atom stereocenters. The molecule has 0 saturated carbocycles. The fourth-order valence-corrected chi connectivity index (χ4v) is 1.52. The van der Waals surface area contributed by atoms with Crippen molar-refractivity contribution in [2.75, 3.05) is 5.73 Å². The third-order valence-corrected chi connectivity index (χ3v) is 2.43. The second kappa shape index (κ2) is 5.18. The van der Waals surface area contributed by atoms with Gasteiger partial charge in [0.2, 0.25) is 0 Å². The normalized spacial score (nSPS) is 9.50. The van der Waals surface area contributed by atoms with Crippen LogP contribution in [0.15, 0.2) is 48.2 Å². The quantitative estimate of drug-likeness (QED) is 0.644. The van der Waals surface area contributed by atoms with Crippen LogP contribution in [0.5, 0.6) is 0 Å². The molecule has 0 saturated heterocycles. The van der Waals surface area contributed by atoms with E-state index in [1.54, 1.807) is 18.6 Å². The topological polar surface area (TPSA) is 64.7 Å². The fraction of sp³-hybridized carbons (Fsp3) is 0. The van der Waals surface area contributed by atoms with Gasteiger partial charge >= 0.3 is 0 Å². The first-order valence-electron chi connectivity index (χ1n) is 4.67. The van der Waals surface area contributed by atoms with Crippen LogP contribution in [0.25, 0.3) is 11.0 Å². The third kappa shape index (κ3) is 2.74. The number of nitrogens with two attached hydrogens (primary N) is 1. The lowest BCUT2D eigenvalue weighted by atomic mass is 10.3. The Balaban J connectivity index is 0.000000138. The molecule has 3 aromatic heterocycles. The van der Waals surface area contributed by atoms with Crippen LogP contribution in [-0.2, 0) is 0 Å². The number of hydrogen-bond donors (Lipinski definition) is 1. The van der Waals surface area contributed by atoms with Crippen molar-refractivity contribution in [3.63, 3.8) is 0 Å². The Bertz CT molecular complexity index is 485. The van der Waals surface area contributed by atoms with Crippen molar-refractivity contribution in [1.29, 1.82) is 0 Å². The molecular formula is C11H10N4S. The first-order valence-corrected chi connectivity index (χ1v) is 5.55. The summed E-state index contributed by atoms with van der Waals surface area (Å²) in [6.45, 7) is 0. The van der Waals surface area contributed by atoms with Crippen molar-refractivity contribution >= 4 is 27.5 Å². The van der Waals surface area contributed by atoms with Crippen molar-refractivity contribution in [3.8, 4) is 0 Å². The van der Waals surface area contributed by atoms with Gasteiger partial charge in [0.15, 0.2) is 5.13 Å². The summed E-state index contributed by atoms with van der Waals surface area (Å²) >= 11 is 1.44. The molecule has 0 fully saturated rings. The molecule has 0 radical (unpaired) electrons. The second-order valence-corrected chi connectivity index (χ2v) is 3.84. The first-order chi connectivity index (χ1) is 7.86. The molecule has 0 aliphatic heterocycles. The van der Waals surface area contributed by atoms with Gasteiger partial charge in [-0.3, -0.25) is 9.97 Å². The standard InChI is InChI=1S/C8H6N2.C3H4N2S/c1-3-7-8(9-5-1)4-2-6-10-7;4-3-5-1-2-6-3/h1-6H;1-2H,(H2,4,5). The molecule has 80 valence electrons. The molecule has 2 N–H and O–H groups in total. The van der Waals surface area contributed by atoms with Crippen molar-refractivity contribution < 1.29 is 0 Å². The number of thiazole rings is 1. The molecular weight excluding hydrogens is 220 g/mol. The number of fused-ring (bicyclic) bond motifs is 1. The summed E-state index contributed by atoms with van der Waals surface area (Å²) < 4.78 is 0. The number of rotatable bonds is 0. The molecule has 5 heteroatoms. The highest BCUT2D eigenvalue weighted by Crippen LogP contribution is 2.04. The van der Waals surface area contributed by atoms with E-state index in [1.165, 1.54) is 11.3 Å². The van der Waals surface area contributed by atoms with E-state index in [0.717, 1.165) is 11.0 Å². The van der Waals surface area contributed by atoms with Crippen molar-refractivity contribution in [1.82, 2.24) is 15.0 Å². The third-order valence-electron chi connectivity index (χ3n) is 1.82. The van der Waals surface area contributed by atoms with Crippen LogP contribution in [0.1, 0.15) is 0 Å². The largest absolute Gasteiger partial charge is 0.375 e. The molecule has 4 nitrogen and oxygen atoms in total. The van der Waals surface area contributed by atoms with E-state index in [0.29, 0.717) is 5.13 Å². The summed E-state index contributed by atoms with van der Waals surface area (Å²) in [7, 11) is 0. The maximum absolute atomic E-state index is 5.19. The van der Waals surface area contributed by atoms with E-state index < -0.39 is 0 Å². The number of nitrogens with zero attached hydrogens (tertiary/aromatic N) is 3. The van der Waals surface area contributed by atoms with Gasteiger partial charge in [-0.15, -0.1) is 11.3 Å². The molecule has 3 heterocycles. The van der Waals surface area contributed by atoms with Gasteiger partial charge in [-0.05, 0) is 24.3 Å². The van der Waals surface area contributed by atoms with Gasteiger partial charge in [0.05, 0.1) is 11.0 Å². The van der Waals surface area contributed by atoms with Crippen LogP contribution in [0.4, 0.5) is 5.13 Å². The van der Waals surface area contributed by atoms with E-state index in [-0.39, 0.29) is 0 Å². The molecule has 0 unspecified atom stereocenters. The minimum absolute atomic E-state index is 0.634. The summed E-state index contributed by atoms with van der Waals surface area (Å²) in [5.41, 5.74) is 7.08. The zero-order chi connectivity index (χ0) is 11.2. The van der Waals surface area contributed by atoms with Crippen LogP contribution in [0.2, 0.25) is 0 Å². The van der Waals surface area contributed by atoms with Crippen molar-refractivity contribution in [2.45, 2.75) is 0 Å². The number of hydrogen-bond acceptors (Lipinski definition) is 5. The molecule has 3 rings (SSSR count). The van der Waals surface area contributed by atoms with Gasteiger partial charge in [0.25, 0.3) is 0 Å². The minimum Gasteiger partial charge on any atom is -0.375 e. The van der Waals surface area contributed by atoms with Gasteiger partial charge in [0, 0.05) is 24.0 Å². The molecule has 0 amide bonds. The highest BCUT2D eigenvalue weighted by molar-refractivity contribution is 7.13. The molecule has 16 heavy (non-hydrogen) atoms. The average Bonchev–Trinajstić information content (AvgIpc) is 2.81. The van der Waals surface area contributed by atoms with Crippen LogP contribution < -0.4 is 5.73 Å². The van der Waals surface area contributed by atoms with E-state index in [4.69, 9.17) is 5.73 Å². The Morgan fingerprint density at radius 1 is 0.875 bits per heavy atom. The van der Waals surface area contributed by atoms with Gasteiger partial charge in [-0.25, -0.2) is 4.98 Å². The van der Waals surface area contributed by atoms with E-state index in [9.17, 15) is 0 Å². The Hall–Kier alpha value is -2.01. The maximum atomic E-state index is 5.19. The molecule has 0 aromatic carbocycles. The zero-order valence-corrected chi connectivity index (χ0v) is 9.26. The van der Waals surface area contributed by atoms with Gasteiger partial charge in [-0.2, -0.15) is 0 Å². The Morgan fingerprint density at radius 3 is 1.88 bits per heavy atom. The van der Waals surface area contributed by atoms with E-state index >= 15 is 0 Å². The predicted octanol–water partition coefficient (Wildman–Crippen LogP) is 2.36. The first kappa shape index (κ1) is 10.5. The second-order valence-electron chi connectivity index (χ2n) is 2.92. The summed E-state index contributed by atoms with van der Waals surface area (Å²) in [5, 5.41) is 2.48. The van der Waals surface area contributed by atoms with Gasteiger partial charge in [-0.1, -0.05) is 0 Å². The zero-order valence-electron chi connectivity index (χ0n) is 8.45. The van der Waals surface area contributed by atoms with Gasteiger partial charge < -0.3 is 5.73 Å². The van der Waals surface area contributed by atoms with Crippen molar-refractivity contribution in [2.24, 2.45) is 0 Å². The number of anilines is 1. The monoisotopic (exact) mass is 230 g/mol. The van der Waals surface area contributed by atoms with Gasteiger partial charge in [0.1, 0.15) is 0 Å². The van der Waals surface area contributed by atoms with Crippen LogP contribution in [-0.4, -0.2) is 15.0 Å². The van der Waals surface area contributed by atoms with Crippen molar-refractivity contribution in [3.05, 3.63) is 48.2 Å². The highest BCUT2D eigenvalue weighted by atomic mass is 32.1. The fourth-order valence-electron chi connectivity index (χ4n) is 1.14. The van der Waals surface area contributed by atoms with Crippen LogP contribution in [0, 0.1) is 0 Å². The number of aromatic nitrogens is 3. The molecule has 0 spiro atoms. The summed E-state index contributed by atoms with van der Waals surface area (Å²) in [4.78, 5) is 12.0. The number of nitrogen functional groups attached to an aromatic ring is 1. The summed E-state index contributed by atoms with van der Waals surface area (Å²) in [5.74, 6) is 0. The highest BCUT2D eigenvalue weighted by Gasteiger charge is 1.88. The lowest BCUT2D eigenvalue weighted by Gasteiger charge is -1.90.